The number of aromatic nitrogens is 4. The molecule has 23 heavy (non-hydrogen) atoms. The molecule has 1 atom stereocenters. The van der Waals surface area contributed by atoms with Crippen molar-refractivity contribution >= 4 is 22.8 Å². The third-order valence-corrected chi connectivity index (χ3v) is 4.28. The summed E-state index contributed by atoms with van der Waals surface area (Å²) in [6.07, 6.45) is 0. The van der Waals surface area contributed by atoms with Crippen molar-refractivity contribution in [2.45, 2.75) is 19.9 Å². The Kier molecular flexibility index (Phi) is 3.59. The Morgan fingerprint density at radius 1 is 1.22 bits per heavy atom. The van der Waals surface area contributed by atoms with E-state index in [0.717, 1.165) is 10.3 Å². The van der Waals surface area contributed by atoms with Crippen LogP contribution in [-0.2, 0) is 18.8 Å². The van der Waals surface area contributed by atoms with Crippen molar-refractivity contribution in [2.75, 3.05) is 25.3 Å². The van der Waals surface area contributed by atoms with Crippen LogP contribution >= 0.6 is 0 Å². The molecule has 0 amide bonds. The smallest absolute Gasteiger partial charge is 0.332 e. The van der Waals surface area contributed by atoms with Crippen LogP contribution in [0.2, 0.25) is 0 Å². The van der Waals surface area contributed by atoms with Gasteiger partial charge in [-0.15, -0.1) is 0 Å². The van der Waals surface area contributed by atoms with Crippen LogP contribution in [-0.4, -0.2) is 44.7 Å². The molecule has 0 saturated heterocycles. The summed E-state index contributed by atoms with van der Waals surface area (Å²) >= 11 is 0. The van der Waals surface area contributed by atoms with E-state index >= 15 is 0 Å². The van der Waals surface area contributed by atoms with Crippen molar-refractivity contribution in [2.24, 2.45) is 19.2 Å². The third kappa shape index (κ3) is 2.11. The molecule has 0 aromatic carbocycles. The number of imidazole rings is 1. The highest BCUT2D eigenvalue weighted by atomic mass is 16.5. The molecule has 2 aromatic heterocycles. The number of hydrogen-bond acceptors (Lipinski definition) is 6. The number of ether oxygens (including phenoxy) is 1. The molecule has 3 rings (SSSR count). The minimum Gasteiger partial charge on any atom is -0.383 e. The van der Waals surface area contributed by atoms with E-state index in [9.17, 15) is 9.59 Å². The predicted molar refractivity (Wildman–Crippen MR) is 87.3 cm³/mol. The zero-order chi connectivity index (χ0) is 16.9. The van der Waals surface area contributed by atoms with E-state index in [4.69, 9.17) is 4.74 Å². The molecule has 1 aliphatic rings. The first kappa shape index (κ1) is 15.5. The van der Waals surface area contributed by atoms with Gasteiger partial charge in [-0.25, -0.2) is 9.80 Å². The van der Waals surface area contributed by atoms with Gasteiger partial charge < -0.3 is 4.74 Å². The first-order valence-corrected chi connectivity index (χ1v) is 7.38. The van der Waals surface area contributed by atoms with Crippen LogP contribution in [0.15, 0.2) is 14.7 Å². The summed E-state index contributed by atoms with van der Waals surface area (Å²) in [5.41, 5.74) is 0.895. The van der Waals surface area contributed by atoms with Crippen LogP contribution in [0, 0.1) is 0 Å². The van der Waals surface area contributed by atoms with Gasteiger partial charge in [-0.1, -0.05) is 0 Å². The zero-order valence-electron chi connectivity index (χ0n) is 13.9. The van der Waals surface area contributed by atoms with Crippen molar-refractivity contribution in [1.29, 1.82) is 0 Å². The van der Waals surface area contributed by atoms with E-state index in [1.165, 1.54) is 11.6 Å². The normalized spacial score (nSPS) is 17.5. The van der Waals surface area contributed by atoms with Gasteiger partial charge >= 0.3 is 5.69 Å². The van der Waals surface area contributed by atoms with Gasteiger partial charge in [0.25, 0.3) is 5.56 Å². The lowest BCUT2D eigenvalue weighted by atomic mass is 10.2. The van der Waals surface area contributed by atoms with E-state index in [1.54, 1.807) is 19.2 Å². The maximum atomic E-state index is 12.6. The summed E-state index contributed by atoms with van der Waals surface area (Å²) in [6.45, 7) is 4.86. The molecule has 0 N–H and O–H groups in total. The summed E-state index contributed by atoms with van der Waals surface area (Å²) in [5.74, 6) is 0.549. The van der Waals surface area contributed by atoms with Gasteiger partial charge in [-0.3, -0.25) is 18.5 Å². The lowest BCUT2D eigenvalue weighted by Crippen LogP contribution is -2.38. The number of nitrogens with zero attached hydrogens (tertiary/aromatic N) is 6. The van der Waals surface area contributed by atoms with Crippen LogP contribution in [0.3, 0.4) is 0 Å². The number of anilines is 1. The second-order valence-corrected chi connectivity index (χ2v) is 5.69. The summed E-state index contributed by atoms with van der Waals surface area (Å²) in [4.78, 5) is 29.3. The number of methoxy groups -OCH3 is 1. The molecule has 0 unspecified atom stereocenters. The van der Waals surface area contributed by atoms with Crippen LogP contribution in [0.5, 0.6) is 0 Å². The lowest BCUT2D eigenvalue weighted by molar-refractivity contribution is 0.204. The molecule has 0 radical (unpaired) electrons. The fraction of sp³-hybridized carbons (Fsp3) is 0.571. The topological polar surface area (TPSA) is 86.7 Å². The molecule has 0 fully saturated rings. The van der Waals surface area contributed by atoms with Gasteiger partial charge in [0.05, 0.1) is 24.9 Å². The minimum atomic E-state index is -0.397. The molecule has 0 bridgehead atoms. The van der Waals surface area contributed by atoms with E-state index in [-0.39, 0.29) is 11.6 Å². The van der Waals surface area contributed by atoms with Crippen molar-refractivity contribution in [1.82, 2.24) is 18.7 Å². The standard InChI is InChI=1S/C14H20N6O3/c1-8-9(2)20-10-11(17(3)14(22)18(4)12(10)21)15-13(20)19(16-8)6-7-23-5/h9H,6-7H2,1-5H3/t9-/m1/s1. The Hall–Kier alpha value is -2.42. The van der Waals surface area contributed by atoms with Gasteiger partial charge in [-0.2, -0.15) is 10.1 Å². The van der Waals surface area contributed by atoms with Crippen molar-refractivity contribution in [3.05, 3.63) is 20.8 Å². The number of hydrogen-bond donors (Lipinski definition) is 0. The molecule has 2 aromatic rings. The SMILES string of the molecule is COCCN1N=C(C)[C@@H](C)n2c1nc1c2c(=O)n(C)c(=O)n1C. The molecule has 9 heteroatoms. The van der Waals surface area contributed by atoms with Gasteiger partial charge in [0.2, 0.25) is 5.95 Å². The minimum absolute atomic E-state index is 0.112. The molecule has 9 nitrogen and oxygen atoms in total. The third-order valence-electron chi connectivity index (χ3n) is 4.28. The Labute approximate surface area is 132 Å². The highest BCUT2D eigenvalue weighted by molar-refractivity contribution is 5.90. The zero-order valence-corrected chi connectivity index (χ0v) is 13.9. The van der Waals surface area contributed by atoms with Crippen molar-refractivity contribution in [3.8, 4) is 0 Å². The maximum Gasteiger partial charge on any atom is 0.332 e. The van der Waals surface area contributed by atoms with Crippen LogP contribution in [0.25, 0.3) is 11.2 Å². The van der Waals surface area contributed by atoms with E-state index < -0.39 is 5.69 Å². The Morgan fingerprint density at radius 2 is 1.91 bits per heavy atom. The Morgan fingerprint density at radius 3 is 2.57 bits per heavy atom. The number of rotatable bonds is 3. The van der Waals surface area contributed by atoms with Crippen LogP contribution < -0.4 is 16.3 Å². The maximum absolute atomic E-state index is 12.6. The fourth-order valence-electron chi connectivity index (χ4n) is 2.79. The largest absolute Gasteiger partial charge is 0.383 e. The average molecular weight is 320 g/mol. The molecule has 0 spiro atoms. The van der Waals surface area contributed by atoms with Crippen LogP contribution in [0.4, 0.5) is 5.95 Å². The van der Waals surface area contributed by atoms with E-state index in [2.05, 4.69) is 10.1 Å². The molecule has 3 heterocycles. The molecule has 0 saturated carbocycles. The lowest BCUT2D eigenvalue weighted by Gasteiger charge is -2.28. The fourth-order valence-corrected chi connectivity index (χ4v) is 2.79. The molecule has 124 valence electrons. The molecular weight excluding hydrogens is 300 g/mol. The van der Waals surface area contributed by atoms with Gasteiger partial charge in [-0.05, 0) is 13.8 Å². The predicted octanol–water partition coefficient (Wildman–Crippen LogP) is -0.163. The highest BCUT2D eigenvalue weighted by Crippen LogP contribution is 2.29. The Bertz CT molecular complexity index is 919. The van der Waals surface area contributed by atoms with Crippen molar-refractivity contribution in [3.63, 3.8) is 0 Å². The Balaban J connectivity index is 2.36. The van der Waals surface area contributed by atoms with Crippen LogP contribution in [0.1, 0.15) is 19.9 Å². The first-order chi connectivity index (χ1) is 10.9. The van der Waals surface area contributed by atoms with E-state index in [1.807, 2.05) is 18.4 Å². The number of fused-ring (bicyclic) bond motifs is 3. The van der Waals surface area contributed by atoms with Gasteiger partial charge in [0, 0.05) is 21.2 Å². The van der Waals surface area contributed by atoms with Gasteiger partial charge in [0.1, 0.15) is 0 Å². The average Bonchev–Trinajstić information content (AvgIpc) is 2.94. The first-order valence-electron chi connectivity index (χ1n) is 7.38. The molecule has 0 aliphatic carbocycles. The summed E-state index contributed by atoms with van der Waals surface area (Å²) < 4.78 is 9.44. The second-order valence-electron chi connectivity index (χ2n) is 5.69. The van der Waals surface area contributed by atoms with Crippen molar-refractivity contribution < 1.29 is 4.74 Å². The number of hydrazone groups is 1. The van der Waals surface area contributed by atoms with Gasteiger partial charge in [0.15, 0.2) is 11.2 Å². The second kappa shape index (κ2) is 5.34. The summed E-state index contributed by atoms with van der Waals surface area (Å²) in [7, 11) is 4.70. The number of aryl methyl sites for hydroxylation is 1. The summed E-state index contributed by atoms with van der Waals surface area (Å²) in [5, 5.41) is 6.24. The molecule has 1 aliphatic heterocycles. The quantitative estimate of drug-likeness (QED) is 0.784. The van der Waals surface area contributed by atoms with E-state index in [0.29, 0.717) is 30.3 Å². The summed E-state index contributed by atoms with van der Waals surface area (Å²) in [6, 6.07) is -0.112. The molecular formula is C14H20N6O3. The monoisotopic (exact) mass is 320 g/mol. The highest BCUT2D eigenvalue weighted by Gasteiger charge is 2.29.